The number of hydrogen-bond acceptors (Lipinski definition) is 5. The molecule has 0 amide bonds. The molecule has 10 heteroatoms. The van der Waals surface area contributed by atoms with Crippen LogP contribution in [-0.4, -0.2) is 42.6 Å². The number of aliphatic carboxylic acids is 2. The summed E-state index contributed by atoms with van der Waals surface area (Å²) in [5, 5.41) is 29.5. The molecule has 0 aliphatic heterocycles. The van der Waals surface area contributed by atoms with Crippen LogP contribution in [0.2, 0.25) is 0 Å². The molecule has 0 aromatic heterocycles. The second kappa shape index (κ2) is 8.90. The molecule has 118 valence electrons. The fourth-order valence-electron chi connectivity index (χ4n) is 1.95. The van der Waals surface area contributed by atoms with E-state index in [0.717, 1.165) is 13.0 Å². The van der Waals surface area contributed by atoms with Crippen molar-refractivity contribution < 1.29 is 59.0 Å². The standard InChI is InChI=1S/C13H15NO7.B.Na/c1-7(13(2,11(15)16)12(17)18)9-5-4-8(21-3)6-10(9)14(19)20;;/h4-7H,1-3H3,(H,15,16)(H,17,18);;/q;-1;+1. The minimum atomic E-state index is -2.18. The predicted octanol–water partition coefficient (Wildman–Crippen LogP) is -1.49. The molecule has 8 nitrogen and oxygen atoms in total. The van der Waals surface area contributed by atoms with Crippen LogP contribution in [0.25, 0.3) is 0 Å². The molecule has 0 fully saturated rings. The van der Waals surface area contributed by atoms with E-state index in [2.05, 4.69) is 0 Å². The van der Waals surface area contributed by atoms with Crippen molar-refractivity contribution in [2.75, 3.05) is 7.11 Å². The molecule has 1 aromatic carbocycles. The van der Waals surface area contributed by atoms with Crippen molar-refractivity contribution in [1.29, 1.82) is 0 Å². The van der Waals surface area contributed by atoms with Crippen LogP contribution in [-0.2, 0) is 9.59 Å². The number of carboxylic acids is 2. The second-order valence-electron chi connectivity index (χ2n) is 4.72. The van der Waals surface area contributed by atoms with Gasteiger partial charge in [-0.2, -0.15) is 0 Å². The van der Waals surface area contributed by atoms with Crippen molar-refractivity contribution in [3.05, 3.63) is 33.9 Å². The number of ether oxygens (including phenoxy) is 1. The van der Waals surface area contributed by atoms with Gasteiger partial charge in [0, 0.05) is 11.5 Å². The van der Waals surface area contributed by atoms with Crippen LogP contribution in [0.15, 0.2) is 18.2 Å². The Morgan fingerprint density at radius 3 is 2.13 bits per heavy atom. The molecule has 1 atom stereocenters. The van der Waals surface area contributed by atoms with Crippen LogP contribution >= 0.6 is 0 Å². The Bertz CT molecular complexity index is 594. The van der Waals surface area contributed by atoms with Crippen molar-refractivity contribution in [1.82, 2.24) is 0 Å². The van der Waals surface area contributed by atoms with E-state index in [1.54, 1.807) is 0 Å². The van der Waals surface area contributed by atoms with Gasteiger partial charge in [0.2, 0.25) is 0 Å². The number of carboxylic acid groups (broad SMARTS) is 2. The summed E-state index contributed by atoms with van der Waals surface area (Å²) in [6.45, 7) is 2.35. The third-order valence-corrected chi connectivity index (χ3v) is 3.66. The van der Waals surface area contributed by atoms with Gasteiger partial charge in [-0.3, -0.25) is 19.7 Å². The van der Waals surface area contributed by atoms with E-state index < -0.39 is 28.2 Å². The van der Waals surface area contributed by atoms with E-state index in [4.69, 9.17) is 4.74 Å². The third kappa shape index (κ3) is 4.46. The first-order valence-electron chi connectivity index (χ1n) is 5.95. The van der Waals surface area contributed by atoms with Crippen molar-refractivity contribution in [3.8, 4) is 5.75 Å². The van der Waals surface area contributed by atoms with Gasteiger partial charge in [-0.1, -0.05) is 6.92 Å². The summed E-state index contributed by atoms with van der Waals surface area (Å²) in [4.78, 5) is 33.0. The molecular weight excluding hydrogens is 316 g/mol. The molecular formula is C13H15BNNaO7. The number of carbonyl (C=O) groups is 2. The molecule has 0 saturated carbocycles. The van der Waals surface area contributed by atoms with Crippen LogP contribution in [0.5, 0.6) is 5.75 Å². The molecule has 0 saturated heterocycles. The Morgan fingerprint density at radius 1 is 1.30 bits per heavy atom. The van der Waals surface area contributed by atoms with Gasteiger partial charge in [0.1, 0.15) is 5.75 Å². The number of benzene rings is 1. The molecule has 1 rings (SSSR count). The quantitative estimate of drug-likeness (QED) is 0.281. The molecule has 1 aromatic rings. The zero-order valence-electron chi connectivity index (χ0n) is 13.3. The number of methoxy groups -OCH3 is 1. The number of nitro benzene ring substituents is 1. The zero-order valence-corrected chi connectivity index (χ0v) is 15.3. The molecule has 23 heavy (non-hydrogen) atoms. The van der Waals surface area contributed by atoms with Gasteiger partial charge in [-0.05, 0) is 19.1 Å². The maximum Gasteiger partial charge on any atom is 1.00 e. The third-order valence-electron chi connectivity index (χ3n) is 3.66. The van der Waals surface area contributed by atoms with Crippen LogP contribution in [0.4, 0.5) is 5.69 Å². The maximum absolute atomic E-state index is 11.3. The van der Waals surface area contributed by atoms with Gasteiger partial charge in [0.05, 0.1) is 18.1 Å². The average Bonchev–Trinajstić information content (AvgIpc) is 2.44. The van der Waals surface area contributed by atoms with Crippen molar-refractivity contribution in [2.45, 2.75) is 19.8 Å². The van der Waals surface area contributed by atoms with Gasteiger partial charge < -0.3 is 23.4 Å². The zero-order chi connectivity index (χ0) is 16.4. The minimum Gasteiger partial charge on any atom is -1.00 e. The Labute approximate surface area is 156 Å². The normalized spacial score (nSPS) is 11.4. The number of nitrogens with zero attached hydrogens (tertiary/aromatic N) is 1. The Hall–Kier alpha value is -1.58. The van der Waals surface area contributed by atoms with Crippen LogP contribution < -0.4 is 34.3 Å². The SMILES string of the molecule is COc1ccc(C(C)C(C)(C(=O)O)C(=O)O)c([N+](=O)[O-])c1.[B-].[Na+]. The van der Waals surface area contributed by atoms with Crippen molar-refractivity contribution in [2.24, 2.45) is 5.41 Å². The first-order chi connectivity index (χ1) is 9.66. The molecule has 0 aliphatic carbocycles. The number of hydrogen-bond donors (Lipinski definition) is 2. The molecule has 0 bridgehead atoms. The Balaban J connectivity index is 0. The van der Waals surface area contributed by atoms with Crippen molar-refractivity contribution >= 4 is 26.0 Å². The summed E-state index contributed by atoms with van der Waals surface area (Å²) in [6, 6.07) is 3.87. The summed E-state index contributed by atoms with van der Waals surface area (Å²) >= 11 is 0. The summed E-state index contributed by atoms with van der Waals surface area (Å²) in [5.41, 5.74) is -2.54. The predicted molar refractivity (Wildman–Crippen MR) is 77.2 cm³/mol. The van der Waals surface area contributed by atoms with Gasteiger partial charge in [-0.15, -0.1) is 0 Å². The van der Waals surface area contributed by atoms with Crippen LogP contribution in [0.1, 0.15) is 25.3 Å². The van der Waals surface area contributed by atoms with Gasteiger partial charge in [0.25, 0.3) is 5.69 Å². The first kappa shape index (κ1) is 23.7. The monoisotopic (exact) mass is 331 g/mol. The molecule has 1 unspecified atom stereocenters. The van der Waals surface area contributed by atoms with Gasteiger partial charge >= 0.3 is 41.5 Å². The van der Waals surface area contributed by atoms with Crippen LogP contribution in [0, 0.1) is 15.5 Å². The van der Waals surface area contributed by atoms with Gasteiger partial charge in [-0.25, -0.2) is 0 Å². The Kier molecular flexibility index (Phi) is 9.17. The summed E-state index contributed by atoms with van der Waals surface area (Å²) in [7, 11) is 1.33. The first-order valence-corrected chi connectivity index (χ1v) is 5.95. The molecule has 0 heterocycles. The molecule has 0 aliphatic rings. The molecule has 2 N–H and O–H groups in total. The number of nitro groups is 1. The Morgan fingerprint density at radius 2 is 1.78 bits per heavy atom. The topological polar surface area (TPSA) is 127 Å². The van der Waals surface area contributed by atoms with E-state index in [9.17, 15) is 29.9 Å². The van der Waals surface area contributed by atoms with E-state index in [1.807, 2.05) is 0 Å². The van der Waals surface area contributed by atoms with E-state index in [-0.39, 0.29) is 55.0 Å². The maximum atomic E-state index is 11.3. The molecule has 4 radical (unpaired) electrons. The summed E-state index contributed by atoms with van der Waals surface area (Å²) in [5.74, 6) is -4.01. The second-order valence-corrected chi connectivity index (χ2v) is 4.72. The fraction of sp³-hybridized carbons (Fsp3) is 0.385. The average molecular weight is 331 g/mol. The van der Waals surface area contributed by atoms with Crippen LogP contribution in [0.3, 0.4) is 0 Å². The summed E-state index contributed by atoms with van der Waals surface area (Å²) < 4.78 is 4.88. The van der Waals surface area contributed by atoms with Gasteiger partial charge in [0.15, 0.2) is 5.41 Å². The number of rotatable bonds is 6. The smallest absolute Gasteiger partial charge is 1.00 e. The minimum absolute atomic E-state index is 0. The summed E-state index contributed by atoms with van der Waals surface area (Å²) in [6.07, 6.45) is 0. The van der Waals surface area contributed by atoms with E-state index in [1.165, 1.54) is 26.2 Å². The fourth-order valence-corrected chi connectivity index (χ4v) is 1.95. The van der Waals surface area contributed by atoms with Crippen molar-refractivity contribution in [3.63, 3.8) is 0 Å². The van der Waals surface area contributed by atoms with E-state index in [0.29, 0.717) is 0 Å². The largest absolute Gasteiger partial charge is 1.00 e. The van der Waals surface area contributed by atoms with E-state index >= 15 is 0 Å². The molecule has 0 spiro atoms.